The number of hydroxylamine groups is 1. The molecule has 2 heterocycles. The number of amides is 2. The molecule has 0 radical (unpaired) electrons. The number of rotatable bonds is 3. The molecule has 0 N–H and O–H groups in total. The molecule has 2 saturated heterocycles. The minimum atomic E-state index is -0.938. The molecule has 0 aromatic heterocycles. The van der Waals surface area contributed by atoms with E-state index >= 15 is 0 Å². The van der Waals surface area contributed by atoms with Crippen LogP contribution in [0.1, 0.15) is 17.2 Å². The van der Waals surface area contributed by atoms with Crippen molar-refractivity contribution in [2.24, 2.45) is 5.92 Å². The summed E-state index contributed by atoms with van der Waals surface area (Å²) < 4.78 is 13.3. The van der Waals surface area contributed by atoms with Gasteiger partial charge in [0.2, 0.25) is 5.91 Å². The van der Waals surface area contributed by atoms with Gasteiger partial charge in [0.15, 0.2) is 6.10 Å². The number of aryl methyl sites for hydroxylation is 1. The summed E-state index contributed by atoms with van der Waals surface area (Å²) in [5.41, 5.74) is 3.03. The van der Waals surface area contributed by atoms with E-state index in [2.05, 4.69) is 0 Å². The first kappa shape index (κ1) is 18.5. The Hall–Kier alpha value is -3.51. The zero-order valence-electron chi connectivity index (χ0n) is 16.2. The third-order valence-corrected chi connectivity index (χ3v) is 5.69. The zero-order chi connectivity index (χ0) is 20.8. The molecule has 150 valence electrons. The number of anilines is 2. The summed E-state index contributed by atoms with van der Waals surface area (Å²) in [4.78, 5) is 33.8. The summed E-state index contributed by atoms with van der Waals surface area (Å²) in [5.74, 6) is -1.91. The van der Waals surface area contributed by atoms with Crippen LogP contribution in [0.5, 0.6) is 0 Å². The van der Waals surface area contributed by atoms with Gasteiger partial charge in [-0.3, -0.25) is 14.4 Å². The molecular weight excluding hydrogens is 383 g/mol. The molecule has 3 aromatic rings. The fourth-order valence-corrected chi connectivity index (χ4v) is 4.27. The van der Waals surface area contributed by atoms with Crippen LogP contribution >= 0.6 is 0 Å². The summed E-state index contributed by atoms with van der Waals surface area (Å²) in [6.45, 7) is 1.96. The topological polar surface area (TPSA) is 49.9 Å². The quantitative estimate of drug-likeness (QED) is 0.617. The third kappa shape index (κ3) is 2.80. The van der Waals surface area contributed by atoms with Crippen molar-refractivity contribution in [3.05, 3.63) is 95.8 Å². The Kier molecular flexibility index (Phi) is 4.37. The van der Waals surface area contributed by atoms with Crippen molar-refractivity contribution in [2.75, 3.05) is 9.96 Å². The number of para-hydroxylation sites is 1. The van der Waals surface area contributed by atoms with Crippen LogP contribution in [0.15, 0.2) is 78.9 Å². The molecule has 0 unspecified atom stereocenters. The Balaban J connectivity index is 1.59. The van der Waals surface area contributed by atoms with Gasteiger partial charge in [-0.15, -0.1) is 0 Å². The first-order valence-electron chi connectivity index (χ1n) is 9.76. The first-order chi connectivity index (χ1) is 14.6. The average Bonchev–Trinajstić information content (AvgIpc) is 3.26. The van der Waals surface area contributed by atoms with Gasteiger partial charge < -0.3 is 0 Å². The molecule has 5 nitrogen and oxygen atoms in total. The van der Waals surface area contributed by atoms with E-state index in [4.69, 9.17) is 4.84 Å². The van der Waals surface area contributed by atoms with Crippen LogP contribution in [0.2, 0.25) is 0 Å². The molecule has 0 saturated carbocycles. The van der Waals surface area contributed by atoms with Gasteiger partial charge in [0.25, 0.3) is 5.91 Å². The van der Waals surface area contributed by atoms with Crippen molar-refractivity contribution >= 4 is 23.2 Å². The SMILES string of the molecule is Cc1ccccc1N1O[C@@H]2C(=O)N(c3ccc(F)cc3)C(=O)[C@@H]2[C@H]1c1ccccc1. The average molecular weight is 402 g/mol. The van der Waals surface area contributed by atoms with Crippen LogP contribution < -0.4 is 9.96 Å². The lowest BCUT2D eigenvalue weighted by atomic mass is 9.90. The van der Waals surface area contributed by atoms with E-state index in [9.17, 15) is 14.0 Å². The van der Waals surface area contributed by atoms with Gasteiger partial charge in [-0.1, -0.05) is 48.5 Å². The summed E-state index contributed by atoms with van der Waals surface area (Å²) in [6, 6.07) is 22.2. The standard InChI is InChI=1S/C24H19FN2O3/c1-15-7-5-6-10-19(15)27-21(16-8-3-2-4-9-16)20-22(30-27)24(29)26(23(20)28)18-13-11-17(25)12-14-18/h2-14,20-22H,1H3/t20-,21-,22+/m1/s1. The Morgan fingerprint density at radius 2 is 1.50 bits per heavy atom. The fourth-order valence-electron chi connectivity index (χ4n) is 4.27. The number of carbonyl (C=O) groups is 2. The third-order valence-electron chi connectivity index (χ3n) is 5.69. The summed E-state index contributed by atoms with van der Waals surface area (Å²) in [5, 5.41) is 1.69. The molecule has 0 bridgehead atoms. The Bertz CT molecular complexity index is 1120. The van der Waals surface area contributed by atoms with Gasteiger partial charge >= 0.3 is 0 Å². The minimum Gasteiger partial charge on any atom is -0.273 e. The molecule has 3 atom stereocenters. The molecule has 2 aliphatic rings. The van der Waals surface area contributed by atoms with Crippen molar-refractivity contribution in [3.8, 4) is 0 Å². The van der Waals surface area contributed by atoms with Gasteiger partial charge in [0, 0.05) is 0 Å². The fraction of sp³-hybridized carbons (Fsp3) is 0.167. The number of hydrogen-bond acceptors (Lipinski definition) is 4. The maximum Gasteiger partial charge on any atom is 0.266 e. The Morgan fingerprint density at radius 1 is 0.833 bits per heavy atom. The zero-order valence-corrected chi connectivity index (χ0v) is 16.2. The van der Waals surface area contributed by atoms with Crippen LogP contribution in [0, 0.1) is 18.7 Å². The second-order valence-electron chi connectivity index (χ2n) is 7.51. The first-order valence-corrected chi connectivity index (χ1v) is 9.76. The van der Waals surface area contributed by atoms with Crippen molar-refractivity contribution < 1.29 is 18.8 Å². The molecule has 2 amide bonds. The van der Waals surface area contributed by atoms with Crippen LogP contribution in [0.4, 0.5) is 15.8 Å². The number of hydrogen-bond donors (Lipinski definition) is 0. The molecule has 0 aliphatic carbocycles. The smallest absolute Gasteiger partial charge is 0.266 e. The molecular formula is C24H19FN2O3. The van der Waals surface area contributed by atoms with E-state index < -0.39 is 29.8 Å². The highest BCUT2D eigenvalue weighted by atomic mass is 19.1. The number of fused-ring (bicyclic) bond motifs is 1. The van der Waals surface area contributed by atoms with Crippen LogP contribution in [-0.2, 0) is 14.4 Å². The van der Waals surface area contributed by atoms with Crippen LogP contribution in [-0.4, -0.2) is 17.9 Å². The summed E-state index contributed by atoms with van der Waals surface area (Å²) >= 11 is 0. The second-order valence-corrected chi connectivity index (χ2v) is 7.51. The highest BCUT2D eigenvalue weighted by Crippen LogP contribution is 2.48. The second kappa shape index (κ2) is 7.07. The number of benzene rings is 3. The molecule has 2 aliphatic heterocycles. The number of halogens is 1. The summed E-state index contributed by atoms with van der Waals surface area (Å²) in [6.07, 6.45) is -0.938. The van der Waals surface area contributed by atoms with E-state index in [1.165, 1.54) is 24.3 Å². The monoisotopic (exact) mass is 402 g/mol. The van der Waals surface area contributed by atoms with Crippen molar-refractivity contribution in [1.82, 2.24) is 0 Å². The molecule has 6 heteroatoms. The lowest BCUT2D eigenvalue weighted by molar-refractivity contribution is -0.126. The van der Waals surface area contributed by atoms with E-state index in [-0.39, 0.29) is 5.91 Å². The lowest BCUT2D eigenvalue weighted by Gasteiger charge is -2.29. The van der Waals surface area contributed by atoms with Gasteiger partial charge in [-0.05, 0) is 48.4 Å². The molecule has 2 fully saturated rings. The number of carbonyl (C=O) groups excluding carboxylic acids is 2. The van der Waals surface area contributed by atoms with Crippen LogP contribution in [0.25, 0.3) is 0 Å². The van der Waals surface area contributed by atoms with Gasteiger partial charge in [-0.25, -0.2) is 14.4 Å². The maximum absolute atomic E-state index is 13.4. The van der Waals surface area contributed by atoms with Crippen LogP contribution in [0.3, 0.4) is 0 Å². The van der Waals surface area contributed by atoms with Gasteiger partial charge in [-0.2, -0.15) is 0 Å². The number of nitrogens with zero attached hydrogens (tertiary/aromatic N) is 2. The van der Waals surface area contributed by atoms with E-state index in [0.717, 1.165) is 21.7 Å². The molecule has 5 rings (SSSR count). The van der Waals surface area contributed by atoms with Crippen molar-refractivity contribution in [1.29, 1.82) is 0 Å². The Morgan fingerprint density at radius 3 is 2.20 bits per heavy atom. The Labute approximate surface area is 173 Å². The molecule has 30 heavy (non-hydrogen) atoms. The largest absolute Gasteiger partial charge is 0.273 e. The van der Waals surface area contributed by atoms with Crippen molar-refractivity contribution in [2.45, 2.75) is 19.1 Å². The van der Waals surface area contributed by atoms with Crippen molar-refractivity contribution in [3.63, 3.8) is 0 Å². The molecule has 0 spiro atoms. The van der Waals surface area contributed by atoms with E-state index in [0.29, 0.717) is 5.69 Å². The van der Waals surface area contributed by atoms with Gasteiger partial charge in [0.05, 0.1) is 17.4 Å². The molecule has 3 aromatic carbocycles. The predicted octanol–water partition coefficient (Wildman–Crippen LogP) is 4.19. The highest BCUT2D eigenvalue weighted by molar-refractivity contribution is 6.23. The van der Waals surface area contributed by atoms with E-state index in [1.54, 1.807) is 5.06 Å². The highest BCUT2D eigenvalue weighted by Gasteiger charge is 2.60. The van der Waals surface area contributed by atoms with Gasteiger partial charge in [0.1, 0.15) is 11.7 Å². The minimum absolute atomic E-state index is 0.346. The summed E-state index contributed by atoms with van der Waals surface area (Å²) in [7, 11) is 0. The normalized spacial score (nSPS) is 23.2. The maximum atomic E-state index is 13.4. The lowest BCUT2D eigenvalue weighted by Crippen LogP contribution is -2.37. The number of imide groups is 1. The van der Waals surface area contributed by atoms with E-state index in [1.807, 2.05) is 61.5 Å². The predicted molar refractivity (Wildman–Crippen MR) is 110 cm³/mol.